The van der Waals surface area contributed by atoms with Crippen LogP contribution in [0, 0.1) is 0 Å². The van der Waals surface area contributed by atoms with E-state index in [0.29, 0.717) is 0 Å². The molecule has 1 aromatic heterocycles. The summed E-state index contributed by atoms with van der Waals surface area (Å²) < 4.78 is 2.10. The van der Waals surface area contributed by atoms with Crippen LogP contribution in [0.4, 0.5) is 5.82 Å². The molecule has 0 spiro atoms. The molecule has 12 heavy (non-hydrogen) atoms. The first-order valence-corrected chi connectivity index (χ1v) is 5.30. The molecule has 0 saturated carbocycles. The molecule has 0 atom stereocenters. The second-order valence-electron chi connectivity index (χ2n) is 2.35. The Kier molecular flexibility index (Phi) is 3.53. The van der Waals surface area contributed by atoms with Crippen LogP contribution in [0.2, 0.25) is 0 Å². The van der Waals surface area contributed by atoms with E-state index in [2.05, 4.69) is 49.1 Å². The number of halogens is 2. The predicted octanol–water partition coefficient (Wildman–Crippen LogP) is 3.21. The quantitative estimate of drug-likeness (QED) is 0.906. The summed E-state index contributed by atoms with van der Waals surface area (Å²) in [7, 11) is 1.86. The van der Waals surface area contributed by atoms with Gasteiger partial charge in [-0.15, -0.1) is 0 Å². The molecule has 1 aromatic rings. The zero-order chi connectivity index (χ0) is 9.14. The molecule has 66 valence electrons. The molecule has 1 N–H and O–H groups in total. The van der Waals surface area contributed by atoms with Crippen molar-refractivity contribution in [3.8, 4) is 0 Å². The van der Waals surface area contributed by atoms with E-state index in [1.165, 1.54) is 5.56 Å². The van der Waals surface area contributed by atoms with E-state index < -0.39 is 0 Å². The summed E-state index contributed by atoms with van der Waals surface area (Å²) in [5.41, 5.74) is 1.24. The fourth-order valence-corrected chi connectivity index (χ4v) is 2.64. The maximum atomic E-state index is 4.20. The maximum absolute atomic E-state index is 4.20. The molecular formula is C8H10Br2N2. The minimum Gasteiger partial charge on any atom is -0.372 e. The van der Waals surface area contributed by atoms with Crippen LogP contribution in [-0.4, -0.2) is 12.0 Å². The minimum absolute atomic E-state index is 0.884. The van der Waals surface area contributed by atoms with E-state index >= 15 is 0 Å². The van der Waals surface area contributed by atoms with Gasteiger partial charge in [0.25, 0.3) is 0 Å². The third kappa shape index (κ3) is 1.80. The third-order valence-electron chi connectivity index (χ3n) is 1.66. The second-order valence-corrected chi connectivity index (χ2v) is 4.00. The molecular weight excluding hydrogens is 284 g/mol. The number of nitrogens with one attached hydrogen (secondary N) is 1. The van der Waals surface area contributed by atoms with Gasteiger partial charge in [0, 0.05) is 17.7 Å². The highest BCUT2D eigenvalue weighted by Crippen LogP contribution is 2.30. The van der Waals surface area contributed by atoms with Gasteiger partial charge in [0.1, 0.15) is 5.82 Å². The average Bonchev–Trinajstić information content (AvgIpc) is 2.06. The molecule has 2 nitrogen and oxygen atoms in total. The van der Waals surface area contributed by atoms with Crippen molar-refractivity contribution >= 4 is 37.7 Å². The van der Waals surface area contributed by atoms with Gasteiger partial charge in [-0.05, 0) is 43.8 Å². The molecule has 1 rings (SSSR count). The van der Waals surface area contributed by atoms with Crippen LogP contribution >= 0.6 is 31.9 Å². The Morgan fingerprint density at radius 3 is 2.67 bits per heavy atom. The van der Waals surface area contributed by atoms with Crippen molar-refractivity contribution in [3.05, 3.63) is 20.7 Å². The zero-order valence-corrected chi connectivity index (χ0v) is 10.2. The van der Waals surface area contributed by atoms with Crippen LogP contribution in [0.5, 0.6) is 0 Å². The van der Waals surface area contributed by atoms with E-state index in [1.807, 2.05) is 13.2 Å². The van der Waals surface area contributed by atoms with E-state index in [-0.39, 0.29) is 0 Å². The van der Waals surface area contributed by atoms with Crippen molar-refractivity contribution in [2.75, 3.05) is 12.4 Å². The molecule has 0 fully saturated rings. The van der Waals surface area contributed by atoms with Gasteiger partial charge in [0.05, 0.1) is 4.47 Å². The highest BCUT2D eigenvalue weighted by molar-refractivity contribution is 9.11. The number of hydrogen-bond acceptors (Lipinski definition) is 2. The molecule has 4 heteroatoms. The maximum Gasteiger partial charge on any atom is 0.140 e. The van der Waals surface area contributed by atoms with Crippen molar-refractivity contribution in [1.29, 1.82) is 0 Å². The Morgan fingerprint density at radius 2 is 2.17 bits per heavy atom. The summed E-state index contributed by atoms with van der Waals surface area (Å²) in [4.78, 5) is 4.20. The largest absolute Gasteiger partial charge is 0.372 e. The average molecular weight is 294 g/mol. The van der Waals surface area contributed by atoms with Gasteiger partial charge < -0.3 is 5.32 Å². The van der Waals surface area contributed by atoms with Gasteiger partial charge in [0.15, 0.2) is 0 Å². The van der Waals surface area contributed by atoms with E-state index in [1.54, 1.807) is 0 Å². The van der Waals surface area contributed by atoms with Gasteiger partial charge in [-0.25, -0.2) is 4.98 Å². The van der Waals surface area contributed by atoms with Crippen molar-refractivity contribution in [1.82, 2.24) is 4.98 Å². The minimum atomic E-state index is 0.884. The molecule has 0 radical (unpaired) electrons. The highest BCUT2D eigenvalue weighted by atomic mass is 79.9. The van der Waals surface area contributed by atoms with Crippen LogP contribution in [0.25, 0.3) is 0 Å². The first kappa shape index (κ1) is 9.99. The molecule has 0 aliphatic rings. The molecule has 0 aliphatic carbocycles. The monoisotopic (exact) mass is 292 g/mol. The van der Waals surface area contributed by atoms with Crippen LogP contribution in [0.1, 0.15) is 12.5 Å². The fourth-order valence-electron chi connectivity index (χ4n) is 1.00. The van der Waals surface area contributed by atoms with Crippen molar-refractivity contribution in [2.45, 2.75) is 13.3 Å². The van der Waals surface area contributed by atoms with Gasteiger partial charge in [-0.2, -0.15) is 0 Å². The van der Waals surface area contributed by atoms with E-state index in [0.717, 1.165) is 21.2 Å². The number of hydrogen-bond donors (Lipinski definition) is 1. The summed E-state index contributed by atoms with van der Waals surface area (Å²) in [6, 6.07) is 0. The molecule has 0 unspecified atom stereocenters. The third-order valence-corrected chi connectivity index (χ3v) is 3.20. The SMILES string of the molecule is CCc1c(Br)cnc(NC)c1Br. The van der Waals surface area contributed by atoms with Gasteiger partial charge >= 0.3 is 0 Å². The summed E-state index contributed by atoms with van der Waals surface area (Å²) in [5.74, 6) is 0.884. The van der Waals surface area contributed by atoms with Crippen LogP contribution in [0.3, 0.4) is 0 Å². The molecule has 0 aliphatic heterocycles. The second kappa shape index (κ2) is 4.23. The lowest BCUT2D eigenvalue weighted by atomic mass is 10.2. The highest BCUT2D eigenvalue weighted by Gasteiger charge is 2.07. The zero-order valence-electron chi connectivity index (χ0n) is 6.99. The van der Waals surface area contributed by atoms with Crippen molar-refractivity contribution < 1.29 is 0 Å². The van der Waals surface area contributed by atoms with Gasteiger partial charge in [0.2, 0.25) is 0 Å². The number of rotatable bonds is 2. The number of aromatic nitrogens is 1. The Labute approximate surface area is 89.0 Å². The lowest BCUT2D eigenvalue weighted by Crippen LogP contribution is -1.97. The molecule has 0 saturated heterocycles. The normalized spacial score (nSPS) is 10.0. The van der Waals surface area contributed by atoms with Gasteiger partial charge in [-0.1, -0.05) is 6.92 Å². The van der Waals surface area contributed by atoms with Crippen molar-refractivity contribution in [3.63, 3.8) is 0 Å². The Morgan fingerprint density at radius 1 is 1.50 bits per heavy atom. The topological polar surface area (TPSA) is 24.9 Å². The molecule has 0 bridgehead atoms. The summed E-state index contributed by atoms with van der Waals surface area (Å²) >= 11 is 6.95. The Balaban J connectivity index is 3.24. The van der Waals surface area contributed by atoms with Crippen LogP contribution in [-0.2, 0) is 6.42 Å². The van der Waals surface area contributed by atoms with E-state index in [4.69, 9.17) is 0 Å². The molecule has 1 heterocycles. The lowest BCUT2D eigenvalue weighted by molar-refractivity contribution is 1.08. The van der Waals surface area contributed by atoms with Crippen LogP contribution < -0.4 is 5.32 Å². The Bertz CT molecular complexity index is 287. The number of nitrogens with zero attached hydrogens (tertiary/aromatic N) is 1. The standard InChI is InChI=1S/C8H10Br2N2/c1-3-5-6(9)4-12-8(11-2)7(5)10/h4H,3H2,1-2H3,(H,11,12). The predicted molar refractivity (Wildman–Crippen MR) is 58.6 cm³/mol. The molecule has 0 aromatic carbocycles. The summed E-state index contributed by atoms with van der Waals surface area (Å²) in [5, 5.41) is 3.02. The Hall–Kier alpha value is -0.0900. The van der Waals surface area contributed by atoms with E-state index in [9.17, 15) is 0 Å². The van der Waals surface area contributed by atoms with Crippen LogP contribution in [0.15, 0.2) is 15.1 Å². The number of pyridine rings is 1. The van der Waals surface area contributed by atoms with Crippen molar-refractivity contribution in [2.24, 2.45) is 0 Å². The first-order chi connectivity index (χ1) is 5.70. The number of anilines is 1. The lowest BCUT2D eigenvalue weighted by Gasteiger charge is -2.08. The van der Waals surface area contributed by atoms with Gasteiger partial charge in [-0.3, -0.25) is 0 Å². The summed E-state index contributed by atoms with van der Waals surface area (Å²) in [6.07, 6.45) is 2.80. The fraction of sp³-hybridized carbons (Fsp3) is 0.375. The first-order valence-electron chi connectivity index (χ1n) is 3.71. The summed E-state index contributed by atoms with van der Waals surface area (Å²) in [6.45, 7) is 2.12. The molecule has 0 amide bonds. The smallest absolute Gasteiger partial charge is 0.140 e.